The zero-order valence-corrected chi connectivity index (χ0v) is 17.4. The van der Waals surface area contributed by atoms with Crippen LogP contribution in [-0.2, 0) is 19.4 Å². The Morgan fingerprint density at radius 2 is 1.25 bits per heavy atom. The number of nitrogens with two attached hydrogens (primary N) is 1. The maximum atomic E-state index is 6.52. The summed E-state index contributed by atoms with van der Waals surface area (Å²) in [7, 11) is 4.52. The topological polar surface area (TPSA) is 26.0 Å². The molecule has 0 heterocycles. The van der Waals surface area contributed by atoms with Crippen LogP contribution in [-0.4, -0.2) is 25.1 Å². The number of nitrogens with zero attached hydrogens (tertiary/aromatic N) is 1. The van der Waals surface area contributed by atoms with Crippen LogP contribution in [0.5, 0.6) is 0 Å². The average Bonchev–Trinajstić information content (AvgIpc) is 2.70. The smallest absolute Gasteiger partial charge is 0.104 e. The first-order chi connectivity index (χ1) is 13.4. The van der Waals surface area contributed by atoms with Gasteiger partial charge in [0.15, 0.2) is 0 Å². The van der Waals surface area contributed by atoms with E-state index in [4.69, 9.17) is 5.73 Å². The fourth-order valence-electron chi connectivity index (χ4n) is 3.79. The number of aryl methyl sites for hydroxylation is 1. The minimum absolute atomic E-state index is 0.0539. The number of benzene rings is 3. The zero-order chi connectivity index (χ0) is 20.0. The highest BCUT2D eigenvalue weighted by molar-refractivity contribution is 5.28. The second-order valence-electron chi connectivity index (χ2n) is 8.46. The molecular formula is C26H33N2+. The summed E-state index contributed by atoms with van der Waals surface area (Å²) in [6.45, 7) is 4.07. The van der Waals surface area contributed by atoms with Crippen LogP contribution in [0.25, 0.3) is 0 Å². The van der Waals surface area contributed by atoms with E-state index in [1.54, 1.807) is 0 Å². The first-order valence-electron chi connectivity index (χ1n) is 10.2. The summed E-state index contributed by atoms with van der Waals surface area (Å²) in [5.41, 5.74) is 13.2. The second kappa shape index (κ2) is 9.18. The molecule has 3 aromatic carbocycles. The molecule has 0 fully saturated rings. The molecule has 2 heteroatoms. The monoisotopic (exact) mass is 373 g/mol. The predicted molar refractivity (Wildman–Crippen MR) is 119 cm³/mol. The molecule has 2 nitrogen and oxygen atoms in total. The van der Waals surface area contributed by atoms with Gasteiger partial charge in [-0.05, 0) is 35.1 Å². The minimum atomic E-state index is 0.0539. The van der Waals surface area contributed by atoms with E-state index in [1.165, 1.54) is 27.8 Å². The van der Waals surface area contributed by atoms with Gasteiger partial charge in [-0.15, -0.1) is 0 Å². The van der Waals surface area contributed by atoms with Gasteiger partial charge in [-0.25, -0.2) is 0 Å². The molecule has 0 saturated heterocycles. The highest BCUT2D eigenvalue weighted by Crippen LogP contribution is 2.19. The molecule has 1 unspecified atom stereocenters. The minimum Gasteiger partial charge on any atom is -0.323 e. The number of quaternary nitrogens is 1. The van der Waals surface area contributed by atoms with Crippen LogP contribution in [0.4, 0.5) is 0 Å². The lowest BCUT2D eigenvalue weighted by atomic mass is 10.0. The van der Waals surface area contributed by atoms with Gasteiger partial charge in [0, 0.05) is 5.56 Å². The van der Waals surface area contributed by atoms with E-state index in [1.807, 2.05) is 0 Å². The van der Waals surface area contributed by atoms with Gasteiger partial charge >= 0.3 is 0 Å². The summed E-state index contributed by atoms with van der Waals surface area (Å²) >= 11 is 0. The maximum Gasteiger partial charge on any atom is 0.104 e. The van der Waals surface area contributed by atoms with Crippen molar-refractivity contribution in [3.8, 4) is 0 Å². The molecule has 0 amide bonds. The van der Waals surface area contributed by atoms with Crippen molar-refractivity contribution >= 4 is 0 Å². The average molecular weight is 374 g/mol. The van der Waals surface area contributed by atoms with Crippen molar-refractivity contribution in [2.24, 2.45) is 5.73 Å². The van der Waals surface area contributed by atoms with Gasteiger partial charge in [-0.3, -0.25) is 0 Å². The Balaban J connectivity index is 1.59. The van der Waals surface area contributed by atoms with Crippen LogP contribution < -0.4 is 5.73 Å². The van der Waals surface area contributed by atoms with E-state index >= 15 is 0 Å². The lowest BCUT2D eigenvalue weighted by molar-refractivity contribution is -0.905. The number of hydrogen-bond donors (Lipinski definition) is 1. The Morgan fingerprint density at radius 1 is 0.714 bits per heavy atom. The van der Waals surface area contributed by atoms with Gasteiger partial charge in [0.05, 0.1) is 26.7 Å². The van der Waals surface area contributed by atoms with Crippen LogP contribution in [0.2, 0.25) is 0 Å². The molecule has 0 aliphatic carbocycles. The second-order valence-corrected chi connectivity index (χ2v) is 8.46. The quantitative estimate of drug-likeness (QED) is 0.545. The molecule has 1 atom stereocenters. The van der Waals surface area contributed by atoms with Crippen molar-refractivity contribution in [1.29, 1.82) is 0 Å². The van der Waals surface area contributed by atoms with Gasteiger partial charge in [-0.2, -0.15) is 0 Å². The van der Waals surface area contributed by atoms with Crippen molar-refractivity contribution in [2.75, 3.05) is 20.6 Å². The molecule has 0 aliphatic heterocycles. The maximum absolute atomic E-state index is 6.52. The lowest BCUT2D eigenvalue weighted by Crippen LogP contribution is -2.44. The number of likely N-dealkylation sites (N-methyl/N-ethyl adjacent to an activating group) is 1. The van der Waals surface area contributed by atoms with Crippen LogP contribution in [0.15, 0.2) is 78.9 Å². The molecule has 3 aromatic rings. The van der Waals surface area contributed by atoms with Crippen molar-refractivity contribution in [3.63, 3.8) is 0 Å². The molecular weight excluding hydrogens is 340 g/mol. The molecule has 28 heavy (non-hydrogen) atoms. The standard InChI is InChI=1S/C26H33N2/c1-4-21-14-16-25(17-15-21)26(27)20-28(2,3)19-24-12-10-23(11-13-24)18-22-8-6-5-7-9-22/h5-17,26H,4,18-20,27H2,1-3H3/q+1. The Hall–Kier alpha value is -2.42. The summed E-state index contributed by atoms with van der Waals surface area (Å²) in [6, 6.07) is 28.5. The fourth-order valence-corrected chi connectivity index (χ4v) is 3.79. The normalized spacial score (nSPS) is 12.7. The van der Waals surface area contributed by atoms with Crippen LogP contribution in [0.1, 0.15) is 40.8 Å². The Bertz CT molecular complexity index is 849. The zero-order valence-electron chi connectivity index (χ0n) is 17.4. The molecule has 0 aliphatic rings. The molecule has 0 radical (unpaired) electrons. The first kappa shape index (κ1) is 20.3. The van der Waals surface area contributed by atoms with Crippen molar-refractivity contribution in [3.05, 3.63) is 107 Å². The molecule has 0 saturated carbocycles. The summed E-state index contributed by atoms with van der Waals surface area (Å²) in [4.78, 5) is 0. The summed E-state index contributed by atoms with van der Waals surface area (Å²) in [5, 5.41) is 0. The van der Waals surface area contributed by atoms with Gasteiger partial charge in [0.25, 0.3) is 0 Å². The third-order valence-corrected chi connectivity index (χ3v) is 5.39. The van der Waals surface area contributed by atoms with Gasteiger partial charge in [0.2, 0.25) is 0 Å². The lowest BCUT2D eigenvalue weighted by Gasteiger charge is -2.32. The van der Waals surface area contributed by atoms with E-state index in [-0.39, 0.29) is 6.04 Å². The van der Waals surface area contributed by atoms with E-state index in [2.05, 4.69) is 99.9 Å². The van der Waals surface area contributed by atoms with Gasteiger partial charge in [-0.1, -0.05) is 85.8 Å². The van der Waals surface area contributed by atoms with Crippen molar-refractivity contribution in [1.82, 2.24) is 0 Å². The molecule has 0 bridgehead atoms. The number of rotatable bonds is 8. The Morgan fingerprint density at radius 3 is 1.86 bits per heavy atom. The molecule has 146 valence electrons. The third-order valence-electron chi connectivity index (χ3n) is 5.39. The fraction of sp³-hybridized carbons (Fsp3) is 0.308. The summed E-state index contributed by atoms with van der Waals surface area (Å²) in [6.07, 6.45) is 2.05. The predicted octanol–water partition coefficient (Wildman–Crippen LogP) is 5.12. The summed E-state index contributed by atoms with van der Waals surface area (Å²) < 4.78 is 0.870. The van der Waals surface area contributed by atoms with Gasteiger partial charge < -0.3 is 10.2 Å². The van der Waals surface area contributed by atoms with E-state index in [0.717, 1.165) is 30.4 Å². The third kappa shape index (κ3) is 5.79. The molecule has 0 spiro atoms. The number of hydrogen-bond acceptors (Lipinski definition) is 1. The first-order valence-corrected chi connectivity index (χ1v) is 10.2. The van der Waals surface area contributed by atoms with E-state index in [9.17, 15) is 0 Å². The van der Waals surface area contributed by atoms with Crippen LogP contribution in [0, 0.1) is 0 Å². The molecule has 3 rings (SSSR count). The van der Waals surface area contributed by atoms with Crippen LogP contribution >= 0.6 is 0 Å². The van der Waals surface area contributed by atoms with E-state index in [0.29, 0.717) is 0 Å². The van der Waals surface area contributed by atoms with Crippen molar-refractivity contribution < 1.29 is 4.48 Å². The highest BCUT2D eigenvalue weighted by Gasteiger charge is 2.21. The Labute approximate surface area is 170 Å². The van der Waals surface area contributed by atoms with Crippen LogP contribution in [0.3, 0.4) is 0 Å². The van der Waals surface area contributed by atoms with Crippen molar-refractivity contribution in [2.45, 2.75) is 32.4 Å². The van der Waals surface area contributed by atoms with Gasteiger partial charge in [0.1, 0.15) is 6.54 Å². The SMILES string of the molecule is CCc1ccc(C(N)C[N+](C)(C)Cc2ccc(Cc3ccccc3)cc2)cc1. The summed E-state index contributed by atoms with van der Waals surface area (Å²) in [5.74, 6) is 0. The largest absolute Gasteiger partial charge is 0.323 e. The highest BCUT2D eigenvalue weighted by atomic mass is 15.3. The molecule has 0 aromatic heterocycles. The Kier molecular flexibility index (Phi) is 6.66. The van der Waals surface area contributed by atoms with E-state index < -0.39 is 0 Å². The molecule has 2 N–H and O–H groups in total.